The molecule has 54 valence electrons. The average Bonchev–Trinajstić information content (AvgIpc) is 1.84. The maximum atomic E-state index is 8.77. The second-order valence-corrected chi connectivity index (χ2v) is 1.81. The molecule has 1 rings (SSSR count). The highest BCUT2D eigenvalue weighted by molar-refractivity contribution is 5.61. The van der Waals surface area contributed by atoms with Gasteiger partial charge in [-0.2, -0.15) is 4.98 Å². The number of pyridine rings is 1. The Bertz CT molecular complexity index is 211. The Labute approximate surface area is 56.9 Å². The summed E-state index contributed by atoms with van der Waals surface area (Å²) < 4.78 is 0. The number of nitrogen functional groups attached to an aromatic ring is 2. The summed E-state index contributed by atoms with van der Waals surface area (Å²) in [5.41, 5.74) is 10.5. The molecule has 0 bridgehead atoms. The van der Waals surface area contributed by atoms with Crippen molar-refractivity contribution in [2.75, 3.05) is 11.5 Å². The normalized spacial score (nSPS) is 9.60. The number of aromatic hydroxyl groups is 2. The van der Waals surface area contributed by atoms with E-state index < -0.39 is 11.8 Å². The van der Waals surface area contributed by atoms with Crippen LogP contribution in [0.25, 0.3) is 0 Å². The van der Waals surface area contributed by atoms with Gasteiger partial charge in [0.15, 0.2) is 0 Å². The van der Waals surface area contributed by atoms with E-state index in [9.17, 15) is 0 Å². The van der Waals surface area contributed by atoms with E-state index >= 15 is 0 Å². The lowest BCUT2D eigenvalue weighted by Gasteiger charge is -1.99. The van der Waals surface area contributed by atoms with Gasteiger partial charge in [0.25, 0.3) is 0 Å². The Kier molecular flexibility index (Phi) is 1.26. The maximum Gasteiger partial charge on any atom is 0.238 e. The molecule has 0 aliphatic rings. The fourth-order valence-corrected chi connectivity index (χ4v) is 0.526. The van der Waals surface area contributed by atoms with E-state index in [0.717, 1.165) is 0 Å². The lowest BCUT2D eigenvalue weighted by Crippen LogP contribution is -1.93. The molecule has 0 radical (unpaired) electrons. The van der Waals surface area contributed by atoms with E-state index in [-0.39, 0.29) is 11.4 Å². The summed E-state index contributed by atoms with van der Waals surface area (Å²) in [7, 11) is 0. The molecule has 5 heteroatoms. The molecule has 5 nitrogen and oxygen atoms in total. The third kappa shape index (κ3) is 0.883. The summed E-state index contributed by atoms with van der Waals surface area (Å²) in [5, 5.41) is 17.5. The minimum absolute atomic E-state index is 0.0512. The first kappa shape index (κ1) is 6.47. The number of rotatable bonds is 0. The molecule has 0 saturated carbocycles. The molecule has 1 aromatic rings. The first-order valence-electron chi connectivity index (χ1n) is 2.55. The van der Waals surface area contributed by atoms with E-state index in [2.05, 4.69) is 4.98 Å². The molecule has 0 aromatic carbocycles. The zero-order valence-corrected chi connectivity index (χ0v) is 5.07. The Hall–Kier alpha value is -1.65. The van der Waals surface area contributed by atoms with E-state index in [1.54, 1.807) is 0 Å². The van der Waals surface area contributed by atoms with Crippen LogP contribution in [0.2, 0.25) is 0 Å². The summed E-state index contributed by atoms with van der Waals surface area (Å²) in [6, 6.07) is 1.23. The molecular weight excluding hydrogens is 134 g/mol. The first-order chi connectivity index (χ1) is 4.61. The zero-order chi connectivity index (χ0) is 7.72. The van der Waals surface area contributed by atoms with E-state index in [0.29, 0.717) is 0 Å². The molecule has 0 saturated heterocycles. The van der Waals surface area contributed by atoms with Crippen LogP contribution in [0.1, 0.15) is 0 Å². The molecular formula is C5H7N3O2. The molecule has 1 aromatic heterocycles. The molecule has 0 fully saturated rings. The summed E-state index contributed by atoms with van der Waals surface area (Å²) in [5.74, 6) is -0.821. The molecule has 0 atom stereocenters. The van der Waals surface area contributed by atoms with Crippen molar-refractivity contribution in [2.45, 2.75) is 0 Å². The lowest BCUT2D eigenvalue weighted by atomic mass is 10.3. The van der Waals surface area contributed by atoms with Crippen molar-refractivity contribution in [2.24, 2.45) is 0 Å². The number of hydrogen-bond acceptors (Lipinski definition) is 5. The van der Waals surface area contributed by atoms with E-state index in [4.69, 9.17) is 21.7 Å². The monoisotopic (exact) mass is 141 g/mol. The van der Waals surface area contributed by atoms with Crippen LogP contribution in [-0.4, -0.2) is 15.2 Å². The third-order valence-electron chi connectivity index (χ3n) is 1.04. The van der Waals surface area contributed by atoms with Crippen LogP contribution >= 0.6 is 0 Å². The summed E-state index contributed by atoms with van der Waals surface area (Å²) in [4.78, 5) is 3.23. The van der Waals surface area contributed by atoms with Gasteiger partial charge in [0.05, 0.1) is 11.4 Å². The number of anilines is 2. The van der Waals surface area contributed by atoms with Gasteiger partial charge in [-0.15, -0.1) is 0 Å². The highest BCUT2D eigenvalue weighted by Crippen LogP contribution is 2.25. The molecule has 0 amide bonds. The fraction of sp³-hybridized carbons (Fsp3) is 0. The molecule has 0 aliphatic carbocycles. The second-order valence-electron chi connectivity index (χ2n) is 1.81. The largest absolute Gasteiger partial charge is 0.492 e. The topological polar surface area (TPSA) is 105 Å². The van der Waals surface area contributed by atoms with Crippen molar-refractivity contribution in [3.63, 3.8) is 0 Å². The van der Waals surface area contributed by atoms with Crippen LogP contribution in [0.3, 0.4) is 0 Å². The van der Waals surface area contributed by atoms with Crippen molar-refractivity contribution in [3.8, 4) is 11.8 Å². The van der Waals surface area contributed by atoms with Gasteiger partial charge < -0.3 is 21.7 Å². The minimum atomic E-state index is -0.410. The molecule has 1 heterocycles. The van der Waals surface area contributed by atoms with Gasteiger partial charge in [-0.25, -0.2) is 0 Å². The van der Waals surface area contributed by atoms with Crippen LogP contribution in [-0.2, 0) is 0 Å². The quantitative estimate of drug-likeness (QED) is 0.395. The standard InChI is InChI=1S/C5H7N3O2/c6-2-1-3(7)5(10)8-4(2)9/h1H,6-7H2,(H2,8,9,10). The van der Waals surface area contributed by atoms with Crippen LogP contribution in [0.15, 0.2) is 6.07 Å². The average molecular weight is 141 g/mol. The van der Waals surface area contributed by atoms with Gasteiger partial charge in [-0.1, -0.05) is 0 Å². The van der Waals surface area contributed by atoms with E-state index in [1.807, 2.05) is 0 Å². The van der Waals surface area contributed by atoms with Crippen molar-refractivity contribution in [1.82, 2.24) is 4.98 Å². The smallest absolute Gasteiger partial charge is 0.238 e. The summed E-state index contributed by atoms with van der Waals surface area (Å²) in [6.07, 6.45) is 0. The van der Waals surface area contributed by atoms with Gasteiger partial charge >= 0.3 is 0 Å². The van der Waals surface area contributed by atoms with Gasteiger partial charge in [-0.3, -0.25) is 0 Å². The molecule has 6 N–H and O–H groups in total. The van der Waals surface area contributed by atoms with Crippen molar-refractivity contribution < 1.29 is 10.2 Å². The van der Waals surface area contributed by atoms with Crippen LogP contribution in [0.5, 0.6) is 11.8 Å². The Morgan fingerprint density at radius 3 is 1.80 bits per heavy atom. The van der Waals surface area contributed by atoms with Crippen LogP contribution in [0, 0.1) is 0 Å². The third-order valence-corrected chi connectivity index (χ3v) is 1.04. The Morgan fingerprint density at radius 2 is 1.50 bits per heavy atom. The molecule has 0 unspecified atom stereocenters. The number of aromatic nitrogens is 1. The molecule has 0 aliphatic heterocycles. The maximum absolute atomic E-state index is 8.77. The predicted octanol–water partition coefficient (Wildman–Crippen LogP) is -0.343. The number of nitrogens with two attached hydrogens (primary N) is 2. The Morgan fingerprint density at radius 1 is 1.10 bits per heavy atom. The first-order valence-corrected chi connectivity index (χ1v) is 2.55. The zero-order valence-electron chi connectivity index (χ0n) is 5.07. The highest BCUT2D eigenvalue weighted by Gasteiger charge is 2.03. The van der Waals surface area contributed by atoms with Gasteiger partial charge in [-0.05, 0) is 6.07 Å². The fourth-order valence-electron chi connectivity index (χ4n) is 0.526. The van der Waals surface area contributed by atoms with Gasteiger partial charge in [0.2, 0.25) is 11.8 Å². The summed E-state index contributed by atoms with van der Waals surface area (Å²) in [6.45, 7) is 0. The highest BCUT2D eigenvalue weighted by atomic mass is 16.3. The molecule has 10 heavy (non-hydrogen) atoms. The van der Waals surface area contributed by atoms with Crippen molar-refractivity contribution in [3.05, 3.63) is 6.07 Å². The van der Waals surface area contributed by atoms with Gasteiger partial charge in [0, 0.05) is 0 Å². The van der Waals surface area contributed by atoms with Crippen molar-refractivity contribution in [1.29, 1.82) is 0 Å². The molecule has 0 spiro atoms. The number of hydrogen-bond donors (Lipinski definition) is 4. The van der Waals surface area contributed by atoms with Crippen molar-refractivity contribution >= 4 is 11.4 Å². The predicted molar refractivity (Wildman–Crippen MR) is 36.4 cm³/mol. The van der Waals surface area contributed by atoms with E-state index in [1.165, 1.54) is 6.07 Å². The summed E-state index contributed by atoms with van der Waals surface area (Å²) >= 11 is 0. The minimum Gasteiger partial charge on any atom is -0.492 e. The van der Waals surface area contributed by atoms with Crippen LogP contribution in [0.4, 0.5) is 11.4 Å². The lowest BCUT2D eigenvalue weighted by molar-refractivity contribution is 0.417. The van der Waals surface area contributed by atoms with Gasteiger partial charge in [0.1, 0.15) is 0 Å². The number of nitrogens with zero attached hydrogens (tertiary/aromatic N) is 1. The second kappa shape index (κ2) is 1.94. The Balaban J connectivity index is 3.28. The van der Waals surface area contributed by atoms with Crippen LogP contribution < -0.4 is 11.5 Å². The SMILES string of the molecule is Nc1cc(N)c(O)nc1O.